The lowest BCUT2D eigenvalue weighted by Gasteiger charge is -2.35. The summed E-state index contributed by atoms with van der Waals surface area (Å²) < 4.78 is 16.0. The molecule has 230 valence electrons. The molecule has 0 bridgehead atoms. The number of unbranched alkanes of at least 4 members (excludes halogenated alkanes) is 9. The summed E-state index contributed by atoms with van der Waals surface area (Å²) in [4.78, 5) is 0. The quantitative estimate of drug-likeness (QED) is 0.0788. The second-order valence-electron chi connectivity index (χ2n) is 10.7. The van der Waals surface area contributed by atoms with Crippen molar-refractivity contribution in [2.24, 2.45) is 0 Å². The van der Waals surface area contributed by atoms with Gasteiger partial charge >= 0.3 is 0 Å². The normalized spacial score (nSPS) is 11.6. The van der Waals surface area contributed by atoms with Gasteiger partial charge < -0.3 is 19.3 Å². The van der Waals surface area contributed by atoms with Crippen LogP contribution in [0.5, 0.6) is 0 Å². The van der Waals surface area contributed by atoms with Gasteiger partial charge in [0.2, 0.25) is 0 Å². The van der Waals surface area contributed by atoms with Crippen molar-refractivity contribution in [2.45, 2.75) is 69.0 Å². The number of hydrogen-bond acceptors (Lipinski definition) is 5. The van der Waals surface area contributed by atoms with Gasteiger partial charge in [0.1, 0.15) is 0 Å². The van der Waals surface area contributed by atoms with Gasteiger partial charge in [0, 0.05) is 6.61 Å². The molecule has 0 saturated heterocycles. The van der Waals surface area contributed by atoms with E-state index in [-0.39, 0.29) is 11.4 Å². The Morgan fingerprint density at radius 3 is 1.21 bits per heavy atom. The van der Waals surface area contributed by atoms with Crippen LogP contribution in [0.15, 0.2) is 91.0 Å². The first-order valence-electron chi connectivity index (χ1n) is 16.0. The van der Waals surface area contributed by atoms with Gasteiger partial charge in [-0.1, -0.05) is 142 Å². The van der Waals surface area contributed by atoms with E-state index >= 15 is 0 Å². The topological polar surface area (TPSA) is 47.9 Å². The largest absolute Gasteiger partial charge is 0.394 e. The summed E-state index contributed by atoms with van der Waals surface area (Å²) >= 11 is 2.09. The Labute approximate surface area is 259 Å². The molecule has 1 N–H and O–H groups in total. The van der Waals surface area contributed by atoms with E-state index in [1.807, 2.05) is 0 Å². The van der Waals surface area contributed by atoms with Gasteiger partial charge in [0.25, 0.3) is 0 Å². The summed E-state index contributed by atoms with van der Waals surface area (Å²) in [6.45, 7) is 3.59. The molecule has 5 heteroatoms. The number of hydrogen-bond donors (Lipinski definition) is 1. The Morgan fingerprint density at radius 2 is 0.786 bits per heavy atom. The highest BCUT2D eigenvalue weighted by atomic mass is 32.2. The lowest BCUT2D eigenvalue weighted by molar-refractivity contribution is 0.00719. The molecule has 3 aromatic rings. The Balaban J connectivity index is 1.26. The van der Waals surface area contributed by atoms with Gasteiger partial charge in [-0.15, -0.1) is 11.8 Å². The van der Waals surface area contributed by atoms with Crippen LogP contribution in [0, 0.1) is 0 Å². The molecule has 0 amide bonds. The fourth-order valence-electron chi connectivity index (χ4n) is 5.32. The summed E-state index contributed by atoms with van der Waals surface area (Å²) in [6, 6.07) is 33.1. The molecule has 0 saturated carbocycles. The summed E-state index contributed by atoms with van der Waals surface area (Å²) in [7, 11) is 0. The lowest BCUT2D eigenvalue weighted by Crippen LogP contribution is -2.26. The fraction of sp³-hybridized carbons (Fsp3) is 0.514. The first kappa shape index (κ1) is 34.3. The maximum absolute atomic E-state index is 8.64. The number of ether oxygens (including phenoxy) is 3. The Kier molecular flexibility index (Phi) is 18.3. The number of rotatable bonds is 25. The molecular weight excluding hydrogens is 540 g/mol. The minimum absolute atomic E-state index is 0.0602. The van der Waals surface area contributed by atoms with Gasteiger partial charge in [-0.2, -0.15) is 0 Å². The fourth-order valence-corrected chi connectivity index (χ4v) is 6.88. The predicted molar refractivity (Wildman–Crippen MR) is 177 cm³/mol. The van der Waals surface area contributed by atoms with Crippen molar-refractivity contribution >= 4 is 11.8 Å². The molecule has 0 fully saturated rings. The standard InChI is InChI=1S/C37H52O4S/c38-26-28-40-30-32-41-31-29-39-27-18-7-5-3-1-2-4-6-8-19-33-42-37(34-20-12-9-13-21-34,35-22-14-10-15-23-35)36-24-16-11-17-25-36/h9-17,20-25,38H,1-8,18-19,26-33H2. The zero-order chi connectivity index (χ0) is 29.4. The average Bonchev–Trinajstić information content (AvgIpc) is 3.05. The van der Waals surface area contributed by atoms with Crippen LogP contribution >= 0.6 is 11.8 Å². The summed E-state index contributed by atoms with van der Waals surface area (Å²) in [6.07, 6.45) is 13.0. The molecule has 0 aliphatic carbocycles. The molecule has 4 nitrogen and oxygen atoms in total. The molecule has 42 heavy (non-hydrogen) atoms. The van der Waals surface area contributed by atoms with Gasteiger partial charge in [0.15, 0.2) is 0 Å². The van der Waals surface area contributed by atoms with Gasteiger partial charge in [0.05, 0.1) is 44.4 Å². The Bertz CT molecular complexity index is 919. The molecule has 0 aliphatic heterocycles. The third-order valence-electron chi connectivity index (χ3n) is 7.52. The zero-order valence-corrected chi connectivity index (χ0v) is 26.3. The van der Waals surface area contributed by atoms with Crippen molar-refractivity contribution in [3.63, 3.8) is 0 Å². The molecule has 3 aromatic carbocycles. The van der Waals surface area contributed by atoms with Gasteiger partial charge in [-0.05, 0) is 35.3 Å². The van der Waals surface area contributed by atoms with Crippen LogP contribution in [-0.2, 0) is 19.0 Å². The first-order valence-corrected chi connectivity index (χ1v) is 17.0. The van der Waals surface area contributed by atoms with Crippen LogP contribution in [0.2, 0.25) is 0 Å². The van der Waals surface area contributed by atoms with E-state index in [9.17, 15) is 0 Å². The van der Waals surface area contributed by atoms with Crippen molar-refractivity contribution in [2.75, 3.05) is 52.0 Å². The van der Waals surface area contributed by atoms with E-state index in [2.05, 4.69) is 103 Å². The van der Waals surface area contributed by atoms with Gasteiger partial charge in [-0.3, -0.25) is 0 Å². The molecule has 0 radical (unpaired) electrons. The minimum atomic E-state index is -0.196. The summed E-state index contributed by atoms with van der Waals surface area (Å²) in [5.74, 6) is 1.14. The van der Waals surface area contributed by atoms with Crippen LogP contribution in [0.1, 0.15) is 80.9 Å². The van der Waals surface area contributed by atoms with E-state index in [0.29, 0.717) is 33.0 Å². The van der Waals surface area contributed by atoms with E-state index in [1.165, 1.54) is 74.5 Å². The predicted octanol–water partition coefficient (Wildman–Crippen LogP) is 8.65. The zero-order valence-electron chi connectivity index (χ0n) is 25.5. The van der Waals surface area contributed by atoms with Gasteiger partial charge in [-0.25, -0.2) is 0 Å². The van der Waals surface area contributed by atoms with Crippen molar-refractivity contribution in [3.05, 3.63) is 108 Å². The first-order chi connectivity index (χ1) is 20.9. The highest BCUT2D eigenvalue weighted by Gasteiger charge is 2.36. The molecule has 0 aromatic heterocycles. The number of thioether (sulfide) groups is 1. The molecule has 0 atom stereocenters. The second kappa shape index (κ2) is 22.4. The monoisotopic (exact) mass is 592 g/mol. The van der Waals surface area contributed by atoms with Crippen molar-refractivity contribution in [1.29, 1.82) is 0 Å². The number of benzene rings is 3. The maximum atomic E-state index is 8.64. The molecule has 0 spiro atoms. The van der Waals surface area contributed by atoms with Crippen molar-refractivity contribution < 1.29 is 19.3 Å². The van der Waals surface area contributed by atoms with Crippen LogP contribution in [0.3, 0.4) is 0 Å². The SMILES string of the molecule is OCCOCCOCCOCCCCCCCCCCCCSC(c1ccccc1)(c1ccccc1)c1ccccc1. The number of aliphatic hydroxyl groups excluding tert-OH is 1. The molecule has 0 heterocycles. The van der Waals surface area contributed by atoms with Crippen LogP contribution < -0.4 is 0 Å². The average molecular weight is 593 g/mol. The summed E-state index contributed by atoms with van der Waals surface area (Å²) in [5, 5.41) is 8.64. The number of aliphatic hydroxyl groups is 1. The summed E-state index contributed by atoms with van der Waals surface area (Å²) in [5.41, 5.74) is 4.05. The van der Waals surface area contributed by atoms with E-state index in [0.717, 1.165) is 18.8 Å². The smallest absolute Gasteiger partial charge is 0.0906 e. The molecular formula is C37H52O4S. The maximum Gasteiger partial charge on any atom is 0.0906 e. The Hall–Kier alpha value is -2.15. The third-order valence-corrected chi connectivity index (χ3v) is 9.16. The van der Waals surface area contributed by atoms with E-state index < -0.39 is 0 Å². The van der Waals surface area contributed by atoms with Crippen molar-refractivity contribution in [1.82, 2.24) is 0 Å². The molecule has 0 aliphatic rings. The van der Waals surface area contributed by atoms with Crippen LogP contribution in [-0.4, -0.2) is 57.1 Å². The second-order valence-corrected chi connectivity index (χ2v) is 12.0. The van der Waals surface area contributed by atoms with Crippen molar-refractivity contribution in [3.8, 4) is 0 Å². The van der Waals surface area contributed by atoms with Crippen LogP contribution in [0.4, 0.5) is 0 Å². The van der Waals surface area contributed by atoms with E-state index in [4.69, 9.17) is 19.3 Å². The molecule has 0 unspecified atom stereocenters. The Morgan fingerprint density at radius 1 is 0.429 bits per heavy atom. The molecule has 3 rings (SSSR count). The highest BCUT2D eigenvalue weighted by molar-refractivity contribution is 8.00. The van der Waals surface area contributed by atoms with E-state index in [1.54, 1.807) is 0 Å². The highest BCUT2D eigenvalue weighted by Crippen LogP contribution is 2.48. The third kappa shape index (κ3) is 12.6. The lowest BCUT2D eigenvalue weighted by atomic mass is 9.84. The van der Waals surface area contributed by atoms with Crippen LogP contribution in [0.25, 0.3) is 0 Å². The minimum Gasteiger partial charge on any atom is -0.394 e.